The van der Waals surface area contributed by atoms with Crippen molar-refractivity contribution in [3.05, 3.63) is 39.1 Å². The van der Waals surface area contributed by atoms with Crippen molar-refractivity contribution >= 4 is 58.0 Å². The topological polar surface area (TPSA) is 84.9 Å². The summed E-state index contributed by atoms with van der Waals surface area (Å²) in [5.41, 5.74) is 1.56. The average molecular weight is 538 g/mol. The van der Waals surface area contributed by atoms with Gasteiger partial charge in [-0.2, -0.15) is 4.98 Å². The zero-order valence-electron chi connectivity index (χ0n) is 16.0. The lowest BCUT2D eigenvalue weighted by molar-refractivity contribution is -0.125. The van der Waals surface area contributed by atoms with E-state index in [4.69, 9.17) is 19.4 Å². The number of fused-ring (bicyclic) bond motifs is 1. The fraction of sp³-hybridized carbons (Fsp3) is 0.400. The standard InChI is InChI=1S/C20H19IN4O4S/c21-14-4-2-1-3-13(14)19(27)29-12-9-24(10-12)20-22-15-5-8-30-17(15)18(23-20)25-6-7-28-11-16(25)26/h1-4,12H,5-11H2. The highest BCUT2D eigenvalue weighted by molar-refractivity contribution is 14.1. The molecule has 1 aromatic carbocycles. The van der Waals surface area contributed by atoms with Crippen LogP contribution in [0.2, 0.25) is 0 Å². The maximum atomic E-state index is 12.4. The number of halogens is 1. The number of esters is 1. The van der Waals surface area contributed by atoms with Crippen LogP contribution in [0.25, 0.3) is 0 Å². The second kappa shape index (κ2) is 8.31. The molecule has 3 aliphatic heterocycles. The van der Waals surface area contributed by atoms with Crippen LogP contribution >= 0.6 is 34.4 Å². The maximum absolute atomic E-state index is 12.4. The highest BCUT2D eigenvalue weighted by Crippen LogP contribution is 2.39. The summed E-state index contributed by atoms with van der Waals surface area (Å²) in [5.74, 6) is 1.83. The molecule has 4 heterocycles. The summed E-state index contributed by atoms with van der Waals surface area (Å²) >= 11 is 3.83. The Bertz CT molecular complexity index is 1010. The smallest absolute Gasteiger partial charge is 0.339 e. The Kier molecular flexibility index (Phi) is 5.54. The zero-order chi connectivity index (χ0) is 20.7. The molecule has 0 saturated carbocycles. The Hall–Kier alpha value is -1.92. The number of rotatable bonds is 4. The first-order chi connectivity index (χ1) is 14.6. The lowest BCUT2D eigenvalue weighted by Crippen LogP contribution is -2.54. The second-order valence-corrected chi connectivity index (χ2v) is 9.50. The highest BCUT2D eigenvalue weighted by Gasteiger charge is 2.35. The quantitative estimate of drug-likeness (QED) is 0.433. The monoisotopic (exact) mass is 538 g/mol. The number of aromatic nitrogens is 2. The van der Waals surface area contributed by atoms with Crippen LogP contribution in [0.4, 0.5) is 11.8 Å². The van der Waals surface area contributed by atoms with Gasteiger partial charge >= 0.3 is 5.97 Å². The number of benzene rings is 1. The van der Waals surface area contributed by atoms with Crippen molar-refractivity contribution in [2.24, 2.45) is 0 Å². The minimum Gasteiger partial charge on any atom is -0.455 e. The molecule has 0 bridgehead atoms. The average Bonchev–Trinajstić information content (AvgIpc) is 3.19. The first-order valence-electron chi connectivity index (χ1n) is 9.72. The van der Waals surface area contributed by atoms with E-state index in [-0.39, 0.29) is 24.6 Å². The number of anilines is 2. The number of hydrogen-bond acceptors (Lipinski definition) is 8. The fourth-order valence-corrected chi connectivity index (χ4v) is 5.33. The number of hydrogen-bond donors (Lipinski definition) is 0. The molecule has 0 radical (unpaired) electrons. The van der Waals surface area contributed by atoms with Gasteiger partial charge in [-0.1, -0.05) is 12.1 Å². The summed E-state index contributed by atoms with van der Waals surface area (Å²) in [6, 6.07) is 7.38. The summed E-state index contributed by atoms with van der Waals surface area (Å²) in [6.07, 6.45) is 0.660. The van der Waals surface area contributed by atoms with Gasteiger partial charge in [-0.05, 0) is 34.7 Å². The number of nitrogens with zero attached hydrogens (tertiary/aromatic N) is 4. The van der Waals surface area contributed by atoms with Crippen molar-refractivity contribution in [2.75, 3.05) is 48.4 Å². The lowest BCUT2D eigenvalue weighted by Gasteiger charge is -2.39. The van der Waals surface area contributed by atoms with E-state index in [0.717, 1.165) is 26.3 Å². The summed E-state index contributed by atoms with van der Waals surface area (Å²) in [5, 5.41) is 0. The van der Waals surface area contributed by atoms with Crippen molar-refractivity contribution in [3.8, 4) is 0 Å². The van der Waals surface area contributed by atoms with E-state index >= 15 is 0 Å². The van der Waals surface area contributed by atoms with Gasteiger partial charge in [0.15, 0.2) is 5.82 Å². The first-order valence-corrected chi connectivity index (χ1v) is 11.8. The van der Waals surface area contributed by atoms with E-state index in [1.807, 2.05) is 23.1 Å². The van der Waals surface area contributed by atoms with Crippen molar-refractivity contribution in [3.63, 3.8) is 0 Å². The summed E-state index contributed by atoms with van der Waals surface area (Å²) in [6.45, 7) is 2.16. The van der Waals surface area contributed by atoms with E-state index in [9.17, 15) is 9.59 Å². The van der Waals surface area contributed by atoms with Crippen LogP contribution in [0.5, 0.6) is 0 Å². The van der Waals surface area contributed by atoms with E-state index in [0.29, 0.717) is 43.6 Å². The molecule has 0 N–H and O–H groups in total. The molecule has 156 valence electrons. The van der Waals surface area contributed by atoms with Gasteiger partial charge in [0.05, 0.1) is 42.4 Å². The van der Waals surface area contributed by atoms with Crippen LogP contribution < -0.4 is 9.80 Å². The van der Waals surface area contributed by atoms with E-state index < -0.39 is 0 Å². The van der Waals surface area contributed by atoms with E-state index in [2.05, 4.69) is 22.6 Å². The molecular weight excluding hydrogens is 519 g/mol. The SMILES string of the molecule is O=C(OC1CN(c2nc3c(c(N4CCOCC4=O)n2)SCC3)C1)c1ccccc1I. The molecule has 8 nitrogen and oxygen atoms in total. The van der Waals surface area contributed by atoms with Gasteiger partial charge in [0, 0.05) is 15.7 Å². The molecule has 0 unspecified atom stereocenters. The Balaban J connectivity index is 1.30. The summed E-state index contributed by atoms with van der Waals surface area (Å²) in [7, 11) is 0. The third-order valence-electron chi connectivity index (χ3n) is 5.23. The molecule has 10 heteroatoms. The number of morpholine rings is 1. The molecule has 0 aliphatic carbocycles. The fourth-order valence-electron chi connectivity index (χ4n) is 3.62. The Morgan fingerprint density at radius 2 is 2.10 bits per heavy atom. The lowest BCUT2D eigenvalue weighted by atomic mass is 10.1. The van der Waals surface area contributed by atoms with Gasteiger partial charge in [-0.25, -0.2) is 9.78 Å². The normalized spacial score (nSPS) is 18.9. The van der Waals surface area contributed by atoms with E-state index in [1.54, 1.807) is 22.7 Å². The zero-order valence-corrected chi connectivity index (χ0v) is 19.0. The summed E-state index contributed by atoms with van der Waals surface area (Å²) < 4.78 is 11.8. The van der Waals surface area contributed by atoms with Crippen molar-refractivity contribution in [1.82, 2.24) is 9.97 Å². The van der Waals surface area contributed by atoms with Gasteiger partial charge in [0.1, 0.15) is 12.7 Å². The van der Waals surface area contributed by atoms with Crippen LogP contribution in [0.3, 0.4) is 0 Å². The maximum Gasteiger partial charge on any atom is 0.339 e. The van der Waals surface area contributed by atoms with Crippen molar-refractivity contribution in [2.45, 2.75) is 17.4 Å². The number of aryl methyl sites for hydroxylation is 1. The molecule has 30 heavy (non-hydrogen) atoms. The number of carbonyl (C=O) groups excluding carboxylic acids is 2. The van der Waals surface area contributed by atoms with Crippen LogP contribution in [0, 0.1) is 3.57 Å². The molecule has 0 spiro atoms. The molecule has 5 rings (SSSR count). The third kappa shape index (κ3) is 3.76. The Morgan fingerprint density at radius 1 is 1.27 bits per heavy atom. The van der Waals surface area contributed by atoms with Gasteiger partial charge in [-0.15, -0.1) is 11.8 Å². The number of amides is 1. The molecule has 2 saturated heterocycles. The van der Waals surface area contributed by atoms with Crippen LogP contribution in [-0.4, -0.2) is 66.5 Å². The molecule has 1 amide bonds. The van der Waals surface area contributed by atoms with Crippen LogP contribution in [-0.2, 0) is 20.7 Å². The van der Waals surface area contributed by atoms with E-state index in [1.165, 1.54) is 0 Å². The molecule has 0 atom stereocenters. The van der Waals surface area contributed by atoms with Gasteiger partial charge in [0.2, 0.25) is 5.95 Å². The Morgan fingerprint density at radius 3 is 2.90 bits per heavy atom. The highest BCUT2D eigenvalue weighted by atomic mass is 127. The predicted octanol–water partition coefficient (Wildman–Crippen LogP) is 2.14. The predicted molar refractivity (Wildman–Crippen MR) is 120 cm³/mol. The van der Waals surface area contributed by atoms with Crippen LogP contribution in [0.1, 0.15) is 16.1 Å². The number of thioether (sulfide) groups is 1. The van der Waals surface area contributed by atoms with Gasteiger partial charge in [0.25, 0.3) is 5.91 Å². The third-order valence-corrected chi connectivity index (χ3v) is 7.29. The number of ether oxygens (including phenoxy) is 2. The van der Waals surface area contributed by atoms with Gasteiger partial charge < -0.3 is 14.4 Å². The largest absolute Gasteiger partial charge is 0.455 e. The molecule has 3 aliphatic rings. The number of carbonyl (C=O) groups is 2. The molecule has 2 fully saturated rings. The second-order valence-electron chi connectivity index (χ2n) is 7.23. The minimum atomic E-state index is -0.310. The Labute approximate surface area is 191 Å². The summed E-state index contributed by atoms with van der Waals surface area (Å²) in [4.78, 5) is 38.9. The van der Waals surface area contributed by atoms with Crippen LogP contribution in [0.15, 0.2) is 29.2 Å². The molecular formula is C20H19IN4O4S. The van der Waals surface area contributed by atoms with Gasteiger partial charge in [-0.3, -0.25) is 9.69 Å². The van der Waals surface area contributed by atoms with Crippen molar-refractivity contribution in [1.29, 1.82) is 0 Å². The molecule has 1 aromatic heterocycles. The molecule has 2 aromatic rings. The first kappa shape index (κ1) is 20.0. The van der Waals surface area contributed by atoms with Crippen molar-refractivity contribution < 1.29 is 19.1 Å². The minimum absolute atomic E-state index is 0.0755.